The fourth-order valence-electron chi connectivity index (χ4n) is 4.36. The fraction of sp³-hybridized carbons (Fsp3) is 0.636. The Morgan fingerprint density at radius 3 is 2.13 bits per heavy atom. The molecule has 1 aliphatic heterocycles. The third-order valence-corrected chi connectivity index (χ3v) is 8.19. The van der Waals surface area contributed by atoms with Gasteiger partial charge in [-0.1, -0.05) is 55.8 Å². The highest BCUT2D eigenvalue weighted by Crippen LogP contribution is 2.27. The molecule has 0 spiro atoms. The number of amides is 2. The number of nitrogens with zero attached hydrogens (tertiary/aromatic N) is 2. The van der Waals surface area contributed by atoms with E-state index in [-0.39, 0.29) is 34.7 Å². The van der Waals surface area contributed by atoms with Gasteiger partial charge in [0.15, 0.2) is 0 Å². The van der Waals surface area contributed by atoms with Gasteiger partial charge >= 0.3 is 0 Å². The Kier molecular flexibility index (Phi) is 8.75. The molecule has 1 N–H and O–H groups in total. The highest BCUT2D eigenvalue weighted by molar-refractivity contribution is 7.89. The molecule has 1 aromatic carbocycles. The van der Waals surface area contributed by atoms with Gasteiger partial charge in [-0.05, 0) is 24.5 Å². The number of piperazine rings is 1. The van der Waals surface area contributed by atoms with E-state index in [0.29, 0.717) is 38.5 Å². The molecule has 1 heterocycles. The van der Waals surface area contributed by atoms with Crippen LogP contribution < -0.4 is 4.72 Å². The lowest BCUT2D eigenvalue weighted by atomic mass is 9.86. The van der Waals surface area contributed by atoms with Crippen LogP contribution in [0.25, 0.3) is 0 Å². The van der Waals surface area contributed by atoms with Crippen molar-refractivity contribution in [3.05, 3.63) is 29.3 Å². The average Bonchev–Trinajstić information content (AvgIpc) is 2.78. The van der Waals surface area contributed by atoms with Crippen molar-refractivity contribution < 1.29 is 18.0 Å². The highest BCUT2D eigenvalue weighted by atomic mass is 35.5. The molecule has 172 valence electrons. The first kappa shape index (κ1) is 24.0. The van der Waals surface area contributed by atoms with Crippen LogP contribution in [0.4, 0.5) is 0 Å². The summed E-state index contributed by atoms with van der Waals surface area (Å²) in [6.45, 7) is 2.07. The molecule has 1 saturated carbocycles. The largest absolute Gasteiger partial charge is 0.339 e. The number of benzene rings is 1. The lowest BCUT2D eigenvalue weighted by molar-refractivity contribution is -0.139. The van der Waals surface area contributed by atoms with Crippen LogP contribution in [0.2, 0.25) is 5.02 Å². The molecule has 1 aromatic rings. The van der Waals surface area contributed by atoms with Crippen LogP contribution in [0, 0.1) is 5.92 Å². The van der Waals surface area contributed by atoms with E-state index < -0.39 is 10.0 Å². The van der Waals surface area contributed by atoms with Gasteiger partial charge < -0.3 is 9.80 Å². The quantitative estimate of drug-likeness (QED) is 0.634. The Hall–Kier alpha value is -1.64. The van der Waals surface area contributed by atoms with Crippen LogP contribution in [0.5, 0.6) is 0 Å². The minimum Gasteiger partial charge on any atom is -0.339 e. The van der Waals surface area contributed by atoms with E-state index >= 15 is 0 Å². The minimum absolute atomic E-state index is 0.00414. The zero-order valence-electron chi connectivity index (χ0n) is 17.9. The topological polar surface area (TPSA) is 86.8 Å². The summed E-state index contributed by atoms with van der Waals surface area (Å²) in [6.07, 6.45) is 8.03. The van der Waals surface area contributed by atoms with Crippen molar-refractivity contribution in [2.75, 3.05) is 32.7 Å². The second-order valence-corrected chi connectivity index (χ2v) is 10.5. The summed E-state index contributed by atoms with van der Waals surface area (Å²) in [6, 6.07) is 6.20. The van der Waals surface area contributed by atoms with E-state index in [1.165, 1.54) is 44.2 Å². The van der Waals surface area contributed by atoms with Gasteiger partial charge in [-0.15, -0.1) is 0 Å². The Labute approximate surface area is 190 Å². The zero-order valence-corrected chi connectivity index (χ0v) is 19.5. The summed E-state index contributed by atoms with van der Waals surface area (Å²) in [5.41, 5.74) is 0. The molecule has 0 aromatic heterocycles. The molecule has 0 radical (unpaired) electrons. The van der Waals surface area contributed by atoms with E-state index in [9.17, 15) is 18.0 Å². The summed E-state index contributed by atoms with van der Waals surface area (Å²) >= 11 is 5.95. The number of sulfonamides is 1. The Morgan fingerprint density at radius 2 is 1.52 bits per heavy atom. The zero-order chi connectivity index (χ0) is 22.3. The van der Waals surface area contributed by atoms with Gasteiger partial charge in [0.25, 0.3) is 0 Å². The number of nitrogens with one attached hydrogen (secondary N) is 1. The second-order valence-electron chi connectivity index (χ2n) is 8.38. The van der Waals surface area contributed by atoms with E-state index in [1.54, 1.807) is 17.0 Å². The minimum atomic E-state index is -3.76. The second kappa shape index (κ2) is 11.3. The maximum Gasteiger partial charge on any atom is 0.242 e. The van der Waals surface area contributed by atoms with Crippen LogP contribution in [0.1, 0.15) is 51.4 Å². The molecule has 1 saturated heterocycles. The molecule has 0 bridgehead atoms. The van der Waals surface area contributed by atoms with Gasteiger partial charge in [-0.2, -0.15) is 0 Å². The van der Waals surface area contributed by atoms with Crippen LogP contribution in [0.15, 0.2) is 29.2 Å². The molecule has 2 fully saturated rings. The van der Waals surface area contributed by atoms with Gasteiger partial charge in [0, 0.05) is 45.6 Å². The lowest BCUT2D eigenvalue weighted by Crippen LogP contribution is -2.51. The normalized spacial score (nSPS) is 18.2. The molecule has 7 nitrogen and oxygen atoms in total. The van der Waals surface area contributed by atoms with Gasteiger partial charge in [-0.3, -0.25) is 9.59 Å². The van der Waals surface area contributed by atoms with Crippen LogP contribution in [-0.4, -0.2) is 62.8 Å². The number of hydrogen-bond donors (Lipinski definition) is 1. The first-order valence-electron chi connectivity index (χ1n) is 11.2. The predicted octanol–water partition coefficient (Wildman–Crippen LogP) is 3.04. The Balaban J connectivity index is 1.37. The number of rotatable bonds is 8. The van der Waals surface area contributed by atoms with Crippen molar-refractivity contribution in [3.8, 4) is 0 Å². The molecule has 3 rings (SSSR count). The number of carbonyl (C=O) groups excluding carboxylic acids is 2. The monoisotopic (exact) mass is 469 g/mol. The number of hydrogen-bond acceptors (Lipinski definition) is 4. The van der Waals surface area contributed by atoms with Crippen LogP contribution >= 0.6 is 11.6 Å². The maximum absolute atomic E-state index is 12.5. The summed E-state index contributed by atoms with van der Waals surface area (Å²) in [4.78, 5) is 28.5. The smallest absolute Gasteiger partial charge is 0.242 e. The molecule has 0 atom stereocenters. The van der Waals surface area contributed by atoms with Gasteiger partial charge in [0.05, 0.1) is 5.02 Å². The fourth-order valence-corrected chi connectivity index (χ4v) is 5.91. The van der Waals surface area contributed by atoms with E-state index in [0.717, 1.165) is 6.42 Å². The molecular weight excluding hydrogens is 438 g/mol. The standard InChI is InChI=1S/C22H32ClN3O4S/c23-19-8-4-5-9-20(19)31(29,30)24-13-12-22(28)26-16-14-25(15-17-26)21(27)11-10-18-6-2-1-3-7-18/h4-5,8-9,18,24H,1-3,6-7,10-17H2. The molecule has 1 aliphatic carbocycles. The Bertz CT molecular complexity index is 863. The SMILES string of the molecule is O=C(CCNS(=O)(=O)c1ccccc1Cl)N1CCN(C(=O)CCC2CCCCC2)CC1. The summed E-state index contributed by atoms with van der Waals surface area (Å²) in [7, 11) is -3.76. The molecule has 31 heavy (non-hydrogen) atoms. The average molecular weight is 470 g/mol. The first-order chi connectivity index (χ1) is 14.9. The first-order valence-corrected chi connectivity index (χ1v) is 13.0. The third-order valence-electron chi connectivity index (χ3n) is 6.23. The van der Waals surface area contributed by atoms with Crippen molar-refractivity contribution in [1.29, 1.82) is 0 Å². The molecule has 9 heteroatoms. The predicted molar refractivity (Wildman–Crippen MR) is 120 cm³/mol. The third kappa shape index (κ3) is 6.92. The highest BCUT2D eigenvalue weighted by Gasteiger charge is 2.25. The maximum atomic E-state index is 12.5. The van der Waals surface area contributed by atoms with Gasteiger partial charge in [0.2, 0.25) is 21.8 Å². The lowest BCUT2D eigenvalue weighted by Gasteiger charge is -2.35. The van der Waals surface area contributed by atoms with Gasteiger partial charge in [-0.25, -0.2) is 13.1 Å². The van der Waals surface area contributed by atoms with Crippen molar-refractivity contribution in [2.45, 2.75) is 56.3 Å². The summed E-state index contributed by atoms with van der Waals surface area (Å²) in [5.74, 6) is 0.761. The molecular formula is C22H32ClN3O4S. The van der Waals surface area contributed by atoms with Crippen molar-refractivity contribution in [2.24, 2.45) is 5.92 Å². The molecule has 2 aliphatic rings. The van der Waals surface area contributed by atoms with Crippen molar-refractivity contribution in [1.82, 2.24) is 14.5 Å². The van der Waals surface area contributed by atoms with E-state index in [2.05, 4.69) is 4.72 Å². The molecule has 0 unspecified atom stereocenters. The van der Waals surface area contributed by atoms with Crippen molar-refractivity contribution in [3.63, 3.8) is 0 Å². The van der Waals surface area contributed by atoms with Crippen LogP contribution in [-0.2, 0) is 19.6 Å². The van der Waals surface area contributed by atoms with Crippen LogP contribution in [0.3, 0.4) is 0 Å². The van der Waals surface area contributed by atoms with Crippen molar-refractivity contribution >= 4 is 33.4 Å². The number of carbonyl (C=O) groups is 2. The number of halogens is 1. The Morgan fingerprint density at radius 1 is 0.935 bits per heavy atom. The van der Waals surface area contributed by atoms with E-state index in [1.807, 2.05) is 4.90 Å². The summed E-state index contributed by atoms with van der Waals surface area (Å²) in [5, 5.41) is 0.144. The summed E-state index contributed by atoms with van der Waals surface area (Å²) < 4.78 is 27.1. The molecule has 2 amide bonds. The van der Waals surface area contributed by atoms with E-state index in [4.69, 9.17) is 11.6 Å². The van der Waals surface area contributed by atoms with Gasteiger partial charge in [0.1, 0.15) is 4.90 Å².